The third-order valence-electron chi connectivity index (χ3n) is 5.08. The van der Waals surface area contributed by atoms with Crippen LogP contribution in [0.1, 0.15) is 11.1 Å². The lowest BCUT2D eigenvalue weighted by Crippen LogP contribution is -2.15. The van der Waals surface area contributed by atoms with Crippen molar-refractivity contribution < 1.29 is 36.7 Å². The summed E-state index contributed by atoms with van der Waals surface area (Å²) < 4.78 is 63.9. The van der Waals surface area contributed by atoms with Crippen molar-refractivity contribution in [2.45, 2.75) is 4.90 Å². The molecule has 0 fully saturated rings. The van der Waals surface area contributed by atoms with Crippen molar-refractivity contribution >= 4 is 33.6 Å². The molecular weight excluding hydrogens is 495 g/mol. The van der Waals surface area contributed by atoms with E-state index in [-0.39, 0.29) is 27.6 Å². The van der Waals surface area contributed by atoms with Gasteiger partial charge in [0.1, 0.15) is 5.69 Å². The Labute approximate surface area is 207 Å². The number of nitrogens with one attached hydrogen (secondary N) is 1. The Hall–Kier alpha value is -4.32. The van der Waals surface area contributed by atoms with Crippen LogP contribution < -0.4 is 23.7 Å². The topological polar surface area (TPSA) is 126 Å². The summed E-state index contributed by atoms with van der Waals surface area (Å²) in [6, 6.07) is 10.1. The van der Waals surface area contributed by atoms with E-state index in [9.17, 15) is 22.9 Å². The SMILES string of the molecule is COc1cc(/C=C\c2ccc(F)c(OC)c2NS(=O)(=O)c2ccc([N+](=O)[O-])cc2)cc(OC)c1OC. The summed E-state index contributed by atoms with van der Waals surface area (Å²) in [5.74, 6) is 0.105. The van der Waals surface area contributed by atoms with Crippen molar-refractivity contribution in [2.75, 3.05) is 33.2 Å². The molecule has 0 saturated heterocycles. The Morgan fingerprint density at radius 3 is 1.94 bits per heavy atom. The standard InChI is InChI=1S/C24H23FN2O8S/c1-32-20-13-15(14-21(33-2)24(20)35-4)5-6-16-7-12-19(25)23(34-3)22(16)26-36(30,31)18-10-8-17(9-11-18)27(28)29/h5-14,26H,1-4H3/b6-5-. The number of ether oxygens (including phenoxy) is 4. The third kappa shape index (κ3) is 5.49. The molecule has 3 aromatic carbocycles. The number of halogens is 1. The number of non-ortho nitro benzene ring substituents is 1. The lowest BCUT2D eigenvalue weighted by atomic mass is 10.1. The van der Waals surface area contributed by atoms with Gasteiger partial charge in [-0.25, -0.2) is 12.8 Å². The highest BCUT2D eigenvalue weighted by Crippen LogP contribution is 2.39. The first-order valence-corrected chi connectivity index (χ1v) is 11.7. The van der Waals surface area contributed by atoms with Gasteiger partial charge in [0, 0.05) is 17.7 Å². The molecule has 0 aromatic heterocycles. The normalized spacial score (nSPS) is 11.2. The predicted octanol–water partition coefficient (Wildman–Crippen LogP) is 4.74. The molecule has 12 heteroatoms. The van der Waals surface area contributed by atoms with Gasteiger partial charge in [-0.15, -0.1) is 0 Å². The number of nitro benzene ring substituents is 1. The highest BCUT2D eigenvalue weighted by molar-refractivity contribution is 7.92. The van der Waals surface area contributed by atoms with Crippen molar-refractivity contribution in [3.63, 3.8) is 0 Å². The number of anilines is 1. The van der Waals surface area contributed by atoms with Gasteiger partial charge in [0.2, 0.25) is 5.75 Å². The smallest absolute Gasteiger partial charge is 0.269 e. The van der Waals surface area contributed by atoms with Crippen LogP contribution >= 0.6 is 0 Å². The maximum absolute atomic E-state index is 14.5. The van der Waals surface area contributed by atoms with Gasteiger partial charge in [-0.05, 0) is 42.0 Å². The van der Waals surface area contributed by atoms with Gasteiger partial charge in [-0.3, -0.25) is 14.8 Å². The summed E-state index contributed by atoms with van der Waals surface area (Å²) in [6.07, 6.45) is 3.19. The molecule has 3 aromatic rings. The van der Waals surface area contributed by atoms with Gasteiger partial charge in [0.15, 0.2) is 23.1 Å². The van der Waals surface area contributed by atoms with Gasteiger partial charge in [0.05, 0.1) is 38.3 Å². The number of methoxy groups -OCH3 is 4. The van der Waals surface area contributed by atoms with Gasteiger partial charge < -0.3 is 18.9 Å². The number of benzene rings is 3. The molecule has 10 nitrogen and oxygen atoms in total. The van der Waals surface area contributed by atoms with Gasteiger partial charge in [-0.2, -0.15) is 0 Å². The van der Waals surface area contributed by atoms with E-state index < -0.39 is 20.8 Å². The summed E-state index contributed by atoms with van der Waals surface area (Å²) in [5.41, 5.74) is 0.482. The largest absolute Gasteiger partial charge is 0.493 e. The fourth-order valence-corrected chi connectivity index (χ4v) is 4.43. The first kappa shape index (κ1) is 26.3. The minimum Gasteiger partial charge on any atom is -0.493 e. The average molecular weight is 519 g/mol. The molecule has 0 radical (unpaired) electrons. The molecule has 36 heavy (non-hydrogen) atoms. The summed E-state index contributed by atoms with van der Waals surface area (Å²) in [7, 11) is 1.37. The molecule has 0 heterocycles. The van der Waals surface area contributed by atoms with E-state index >= 15 is 0 Å². The molecule has 0 aliphatic carbocycles. The van der Waals surface area contributed by atoms with E-state index in [1.165, 1.54) is 34.5 Å². The lowest BCUT2D eigenvalue weighted by molar-refractivity contribution is -0.384. The van der Waals surface area contributed by atoms with Crippen molar-refractivity contribution in [2.24, 2.45) is 0 Å². The Bertz CT molecular complexity index is 1380. The average Bonchev–Trinajstić information content (AvgIpc) is 2.87. The number of nitrogens with zero attached hydrogens (tertiary/aromatic N) is 1. The Morgan fingerprint density at radius 1 is 0.861 bits per heavy atom. The lowest BCUT2D eigenvalue weighted by Gasteiger charge is -2.15. The second kappa shape index (κ2) is 11.0. The Morgan fingerprint density at radius 2 is 1.44 bits per heavy atom. The van der Waals surface area contributed by atoms with Crippen molar-refractivity contribution in [1.82, 2.24) is 0 Å². The van der Waals surface area contributed by atoms with E-state index in [1.54, 1.807) is 24.3 Å². The molecule has 0 amide bonds. The maximum Gasteiger partial charge on any atom is 0.269 e. The highest BCUT2D eigenvalue weighted by Gasteiger charge is 2.22. The summed E-state index contributed by atoms with van der Waals surface area (Å²) in [4.78, 5) is 9.98. The van der Waals surface area contributed by atoms with Crippen LogP contribution in [-0.4, -0.2) is 41.8 Å². The molecule has 0 atom stereocenters. The molecule has 0 bridgehead atoms. The number of hydrogen-bond acceptors (Lipinski definition) is 8. The Kier molecular flexibility index (Phi) is 8.00. The van der Waals surface area contributed by atoms with Crippen LogP contribution in [0.3, 0.4) is 0 Å². The fourth-order valence-electron chi connectivity index (χ4n) is 3.34. The fraction of sp³-hybridized carbons (Fsp3) is 0.167. The van der Waals surface area contributed by atoms with Crippen LogP contribution in [0.5, 0.6) is 23.0 Å². The van der Waals surface area contributed by atoms with E-state index in [0.717, 1.165) is 30.3 Å². The van der Waals surface area contributed by atoms with Crippen molar-refractivity contribution in [1.29, 1.82) is 0 Å². The third-order valence-corrected chi connectivity index (χ3v) is 6.45. The van der Waals surface area contributed by atoms with Crippen molar-refractivity contribution in [3.8, 4) is 23.0 Å². The van der Waals surface area contributed by atoms with Crippen LogP contribution in [-0.2, 0) is 10.0 Å². The number of hydrogen-bond donors (Lipinski definition) is 1. The first-order chi connectivity index (χ1) is 17.1. The molecule has 0 aliphatic heterocycles. The van der Waals surface area contributed by atoms with Crippen LogP contribution in [0.2, 0.25) is 0 Å². The molecule has 190 valence electrons. The van der Waals surface area contributed by atoms with E-state index in [1.807, 2.05) is 0 Å². The van der Waals surface area contributed by atoms with Crippen LogP contribution in [0.4, 0.5) is 15.8 Å². The van der Waals surface area contributed by atoms with E-state index in [2.05, 4.69) is 4.72 Å². The minimum absolute atomic E-state index is 0.153. The van der Waals surface area contributed by atoms with Gasteiger partial charge >= 0.3 is 0 Å². The summed E-state index contributed by atoms with van der Waals surface area (Å²) in [6.45, 7) is 0. The molecule has 1 N–H and O–H groups in total. The number of rotatable bonds is 10. The monoisotopic (exact) mass is 518 g/mol. The van der Waals surface area contributed by atoms with Gasteiger partial charge in [0.25, 0.3) is 15.7 Å². The molecule has 0 spiro atoms. The minimum atomic E-state index is -4.25. The quantitative estimate of drug-likeness (QED) is 0.232. The second-order valence-corrected chi connectivity index (χ2v) is 8.88. The number of nitro groups is 1. The van der Waals surface area contributed by atoms with Gasteiger partial charge in [-0.1, -0.05) is 12.2 Å². The molecule has 0 unspecified atom stereocenters. The zero-order valence-electron chi connectivity index (χ0n) is 19.8. The molecule has 0 aliphatic rings. The maximum atomic E-state index is 14.5. The molecular formula is C24H23FN2O8S. The van der Waals surface area contributed by atoms with Crippen molar-refractivity contribution in [3.05, 3.63) is 75.6 Å². The highest BCUT2D eigenvalue weighted by atomic mass is 32.2. The Balaban J connectivity index is 2.05. The first-order valence-electron chi connectivity index (χ1n) is 10.3. The summed E-state index contributed by atoms with van der Waals surface area (Å²) in [5, 5.41) is 10.9. The van der Waals surface area contributed by atoms with E-state index in [0.29, 0.717) is 22.8 Å². The van der Waals surface area contributed by atoms with E-state index in [4.69, 9.17) is 18.9 Å². The predicted molar refractivity (Wildman–Crippen MR) is 132 cm³/mol. The molecule has 0 saturated carbocycles. The van der Waals surface area contributed by atoms with Crippen LogP contribution in [0.15, 0.2) is 53.4 Å². The molecule has 3 rings (SSSR count). The number of sulfonamides is 1. The summed E-state index contributed by atoms with van der Waals surface area (Å²) >= 11 is 0. The zero-order valence-corrected chi connectivity index (χ0v) is 20.6. The van der Waals surface area contributed by atoms with Crippen LogP contribution in [0, 0.1) is 15.9 Å². The second-order valence-electron chi connectivity index (χ2n) is 7.19. The zero-order chi connectivity index (χ0) is 26.5. The van der Waals surface area contributed by atoms with Crippen LogP contribution in [0.25, 0.3) is 12.2 Å².